The number of halogens is 1. The van der Waals surface area contributed by atoms with Gasteiger partial charge < -0.3 is 10.1 Å². The molecule has 0 bridgehead atoms. The van der Waals surface area contributed by atoms with Crippen molar-refractivity contribution in [3.8, 4) is 0 Å². The van der Waals surface area contributed by atoms with E-state index in [1.165, 1.54) is 25.3 Å². The van der Waals surface area contributed by atoms with Gasteiger partial charge in [-0.3, -0.25) is 4.79 Å². The topological polar surface area (TPSA) is 68.3 Å². The molecule has 0 fully saturated rings. The number of aromatic nitrogens is 1. The van der Waals surface area contributed by atoms with Crippen LogP contribution in [-0.2, 0) is 9.53 Å². The van der Waals surface area contributed by atoms with E-state index in [-0.39, 0.29) is 11.5 Å². The third-order valence-electron chi connectivity index (χ3n) is 1.97. The number of ether oxygens (including phenoxy) is 1. The van der Waals surface area contributed by atoms with Gasteiger partial charge in [-0.2, -0.15) is 0 Å². The van der Waals surface area contributed by atoms with Crippen LogP contribution in [0.5, 0.6) is 0 Å². The minimum absolute atomic E-state index is 0.255. The van der Waals surface area contributed by atoms with Gasteiger partial charge in [-0.25, -0.2) is 9.78 Å². The molecule has 92 valence electrons. The van der Waals surface area contributed by atoms with Crippen molar-refractivity contribution in [3.05, 3.63) is 29.0 Å². The van der Waals surface area contributed by atoms with E-state index < -0.39 is 12.1 Å². The van der Waals surface area contributed by atoms with Crippen LogP contribution < -0.4 is 5.32 Å². The van der Waals surface area contributed by atoms with Crippen molar-refractivity contribution in [2.75, 3.05) is 6.54 Å². The lowest BCUT2D eigenvalue weighted by atomic mass is 10.3. The number of nitrogens with zero attached hydrogens (tertiary/aromatic N) is 1. The van der Waals surface area contributed by atoms with Crippen LogP contribution in [0.3, 0.4) is 0 Å². The molecule has 0 saturated carbocycles. The summed E-state index contributed by atoms with van der Waals surface area (Å²) in [5.74, 6) is -0.935. The maximum absolute atomic E-state index is 11.6. The normalized spacial score (nSPS) is 11.7. The minimum Gasteiger partial charge on any atom is -0.449 e. The molecule has 1 N–H and O–H groups in total. The average Bonchev–Trinajstić information content (AvgIpc) is 2.30. The van der Waals surface area contributed by atoms with Crippen LogP contribution in [0.15, 0.2) is 18.3 Å². The van der Waals surface area contributed by atoms with Crippen molar-refractivity contribution in [1.29, 1.82) is 0 Å². The molecule has 0 aliphatic carbocycles. The largest absolute Gasteiger partial charge is 0.449 e. The summed E-state index contributed by atoms with van der Waals surface area (Å²) in [7, 11) is 0. The van der Waals surface area contributed by atoms with E-state index in [1.807, 2.05) is 0 Å². The zero-order valence-electron chi connectivity index (χ0n) is 9.57. The molecule has 5 nitrogen and oxygen atoms in total. The Morgan fingerprint density at radius 2 is 2.24 bits per heavy atom. The molecule has 0 unspecified atom stereocenters. The lowest BCUT2D eigenvalue weighted by Gasteiger charge is -2.12. The number of carbonyl (C=O) groups excluding carboxylic acids is 2. The van der Waals surface area contributed by atoms with Crippen molar-refractivity contribution < 1.29 is 14.3 Å². The van der Waals surface area contributed by atoms with E-state index in [0.717, 1.165) is 0 Å². The molecule has 1 aromatic heterocycles. The molecule has 1 aromatic rings. The van der Waals surface area contributed by atoms with Crippen molar-refractivity contribution in [2.45, 2.75) is 20.0 Å². The van der Waals surface area contributed by atoms with Crippen LogP contribution in [0, 0.1) is 0 Å². The number of rotatable bonds is 4. The maximum atomic E-state index is 11.6. The highest BCUT2D eigenvalue weighted by Crippen LogP contribution is 2.07. The molecule has 6 heteroatoms. The highest BCUT2D eigenvalue weighted by molar-refractivity contribution is 6.29. The second-order valence-corrected chi connectivity index (χ2v) is 3.70. The lowest BCUT2D eigenvalue weighted by Crippen LogP contribution is -2.35. The first-order valence-corrected chi connectivity index (χ1v) is 5.52. The Morgan fingerprint density at radius 3 is 2.76 bits per heavy atom. The van der Waals surface area contributed by atoms with Gasteiger partial charge in [-0.05, 0) is 26.0 Å². The predicted octanol–water partition coefficient (Wildman–Crippen LogP) is 1.42. The maximum Gasteiger partial charge on any atom is 0.340 e. The van der Waals surface area contributed by atoms with Crippen LogP contribution in [0.4, 0.5) is 0 Å². The number of carbonyl (C=O) groups is 2. The van der Waals surface area contributed by atoms with Gasteiger partial charge >= 0.3 is 5.97 Å². The Hall–Kier alpha value is -1.62. The van der Waals surface area contributed by atoms with Crippen molar-refractivity contribution in [2.24, 2.45) is 0 Å². The fourth-order valence-electron chi connectivity index (χ4n) is 1.10. The smallest absolute Gasteiger partial charge is 0.340 e. The Kier molecular flexibility index (Phi) is 4.90. The Morgan fingerprint density at radius 1 is 1.53 bits per heavy atom. The molecule has 1 heterocycles. The summed E-state index contributed by atoms with van der Waals surface area (Å²) in [6, 6.07) is 2.97. The van der Waals surface area contributed by atoms with Crippen LogP contribution in [0.1, 0.15) is 24.2 Å². The van der Waals surface area contributed by atoms with Gasteiger partial charge in [0.25, 0.3) is 5.91 Å². The van der Waals surface area contributed by atoms with Gasteiger partial charge in [0.1, 0.15) is 5.15 Å². The average molecular weight is 257 g/mol. The van der Waals surface area contributed by atoms with Gasteiger partial charge in [0.15, 0.2) is 6.10 Å². The van der Waals surface area contributed by atoms with Crippen molar-refractivity contribution >= 4 is 23.5 Å². The number of pyridine rings is 1. The summed E-state index contributed by atoms with van der Waals surface area (Å²) in [5.41, 5.74) is 0.255. The summed E-state index contributed by atoms with van der Waals surface area (Å²) in [5, 5.41) is 2.85. The molecule has 0 radical (unpaired) electrons. The van der Waals surface area contributed by atoms with Gasteiger partial charge in [-0.1, -0.05) is 11.6 Å². The SMILES string of the molecule is CCNC(=O)[C@@H](C)OC(=O)c1ccc(Cl)nc1. The van der Waals surface area contributed by atoms with E-state index in [1.54, 1.807) is 6.92 Å². The van der Waals surface area contributed by atoms with E-state index in [9.17, 15) is 9.59 Å². The third-order valence-corrected chi connectivity index (χ3v) is 2.19. The first-order chi connectivity index (χ1) is 8.04. The summed E-state index contributed by atoms with van der Waals surface area (Å²) < 4.78 is 4.96. The standard InChI is InChI=1S/C11H13ClN2O3/c1-3-13-10(15)7(2)17-11(16)8-4-5-9(12)14-6-8/h4-7H,3H2,1-2H3,(H,13,15)/t7-/m1/s1. The zero-order chi connectivity index (χ0) is 12.8. The second-order valence-electron chi connectivity index (χ2n) is 3.31. The van der Waals surface area contributed by atoms with Gasteiger partial charge in [-0.15, -0.1) is 0 Å². The van der Waals surface area contributed by atoms with Gasteiger partial charge in [0.05, 0.1) is 5.56 Å². The molecule has 0 aromatic carbocycles. The minimum atomic E-state index is -0.835. The fourth-order valence-corrected chi connectivity index (χ4v) is 1.21. The molecular weight excluding hydrogens is 244 g/mol. The molecule has 0 aliphatic rings. The summed E-state index contributed by atoms with van der Waals surface area (Å²) in [6.07, 6.45) is 0.466. The molecular formula is C11H13ClN2O3. The monoisotopic (exact) mass is 256 g/mol. The van der Waals surface area contributed by atoms with E-state index >= 15 is 0 Å². The van der Waals surface area contributed by atoms with Crippen LogP contribution in [0.25, 0.3) is 0 Å². The van der Waals surface area contributed by atoms with Crippen molar-refractivity contribution in [1.82, 2.24) is 10.3 Å². The first-order valence-electron chi connectivity index (χ1n) is 5.14. The Labute approximate surface area is 104 Å². The highest BCUT2D eigenvalue weighted by Gasteiger charge is 2.18. The molecule has 1 rings (SSSR count). The van der Waals surface area contributed by atoms with E-state index in [2.05, 4.69) is 10.3 Å². The first kappa shape index (κ1) is 13.4. The van der Waals surface area contributed by atoms with Crippen LogP contribution in [0.2, 0.25) is 5.15 Å². The molecule has 0 aliphatic heterocycles. The van der Waals surface area contributed by atoms with Crippen molar-refractivity contribution in [3.63, 3.8) is 0 Å². The van der Waals surface area contributed by atoms with Gasteiger partial charge in [0, 0.05) is 12.7 Å². The van der Waals surface area contributed by atoms with Crippen LogP contribution in [-0.4, -0.2) is 29.5 Å². The van der Waals surface area contributed by atoms with Gasteiger partial charge in [0.2, 0.25) is 0 Å². The molecule has 1 amide bonds. The number of amides is 1. The van der Waals surface area contributed by atoms with E-state index in [4.69, 9.17) is 16.3 Å². The van der Waals surface area contributed by atoms with E-state index in [0.29, 0.717) is 11.7 Å². The molecule has 17 heavy (non-hydrogen) atoms. The third kappa shape index (κ3) is 4.03. The summed E-state index contributed by atoms with van der Waals surface area (Å²) in [4.78, 5) is 26.7. The predicted molar refractivity (Wildman–Crippen MR) is 62.8 cm³/mol. The number of likely N-dealkylation sites (N-methyl/N-ethyl adjacent to an activating group) is 1. The lowest BCUT2D eigenvalue weighted by molar-refractivity contribution is -0.128. The molecule has 0 spiro atoms. The fraction of sp³-hybridized carbons (Fsp3) is 0.364. The number of hydrogen-bond acceptors (Lipinski definition) is 4. The summed E-state index contributed by atoms with van der Waals surface area (Å²) in [6.45, 7) is 3.78. The molecule has 0 saturated heterocycles. The highest BCUT2D eigenvalue weighted by atomic mass is 35.5. The summed E-state index contributed by atoms with van der Waals surface area (Å²) >= 11 is 5.59. The number of nitrogens with one attached hydrogen (secondary N) is 1. The number of hydrogen-bond donors (Lipinski definition) is 1. The Bertz CT molecular complexity index is 406. The quantitative estimate of drug-likeness (QED) is 0.653. The zero-order valence-corrected chi connectivity index (χ0v) is 10.3. The Balaban J connectivity index is 2.60. The van der Waals surface area contributed by atoms with Crippen LogP contribution >= 0.6 is 11.6 Å². The second kappa shape index (κ2) is 6.20. The molecule has 1 atom stereocenters. The number of esters is 1.